The second-order valence-corrected chi connectivity index (χ2v) is 25.3. The van der Waals surface area contributed by atoms with Crippen LogP contribution in [0.4, 0.5) is 0 Å². The number of ether oxygens (including phenoxy) is 3. The first kappa shape index (κ1) is 82.9. The van der Waals surface area contributed by atoms with Gasteiger partial charge >= 0.3 is 5.97 Å². The molecule has 1 saturated heterocycles. The van der Waals surface area contributed by atoms with Crippen molar-refractivity contribution in [2.24, 2.45) is 0 Å². The smallest absolute Gasteiger partial charge is 0.306 e. The number of nitrogens with one attached hydrogen (secondary N) is 1. The number of unbranched alkanes of at least 4 members (excludes halogenated alkanes) is 37. The molecule has 88 heavy (non-hydrogen) atoms. The Morgan fingerprint density at radius 2 is 0.784 bits per heavy atom. The summed E-state index contributed by atoms with van der Waals surface area (Å²) < 4.78 is 17.7. The maximum atomic E-state index is 13.5. The Hall–Kier alpha value is -3.16. The van der Waals surface area contributed by atoms with E-state index in [0.29, 0.717) is 12.8 Å². The molecule has 6 N–H and O–H groups in total. The van der Waals surface area contributed by atoms with Gasteiger partial charge in [0, 0.05) is 6.42 Å². The van der Waals surface area contributed by atoms with Gasteiger partial charge in [-0.3, -0.25) is 9.59 Å². The fourth-order valence-corrected chi connectivity index (χ4v) is 11.2. The van der Waals surface area contributed by atoms with Crippen molar-refractivity contribution >= 4 is 11.9 Å². The lowest BCUT2D eigenvalue weighted by atomic mass is 9.99. The Morgan fingerprint density at radius 1 is 0.443 bits per heavy atom. The molecule has 1 aliphatic heterocycles. The molecule has 0 aromatic rings. The highest BCUT2D eigenvalue weighted by Crippen LogP contribution is 2.26. The molecule has 510 valence electrons. The number of amides is 1. The minimum Gasteiger partial charge on any atom is -0.454 e. The van der Waals surface area contributed by atoms with Crippen LogP contribution in [0.5, 0.6) is 0 Å². The van der Waals surface area contributed by atoms with Crippen LogP contribution in [-0.2, 0) is 23.8 Å². The van der Waals surface area contributed by atoms with Gasteiger partial charge in [0.05, 0.1) is 25.4 Å². The standard InChI is InChI=1S/C77H137NO10/c1-4-7-10-13-16-19-22-25-27-29-31-33-35-36-37-39-41-43-45-47-50-53-56-59-62-65-72(82)88-75-74(84)73(83)71(66-79)87-77(75)86-67-68(69(80)63-60-57-54-51-48-24-21-18-15-12-9-6-3)78-76(85)70(81)64-61-58-55-52-49-46-44-42-40-38-34-32-30-28-26-23-20-17-14-11-8-5-2/h16-17,19-20,25-28,32,34,40,42,60,63,68-71,73-75,77,79-81,83-84H,4-15,18,21-24,29-31,33,35-39,41,43-59,61-62,64-67H2,1-3H3,(H,78,85)/b19-16-,20-17-,27-25-,28-26-,34-32-,42-40-,63-60+. The Morgan fingerprint density at radius 3 is 1.19 bits per heavy atom. The van der Waals surface area contributed by atoms with Crippen molar-refractivity contribution < 1.29 is 49.3 Å². The van der Waals surface area contributed by atoms with Crippen LogP contribution in [-0.4, -0.2) is 99.6 Å². The molecule has 1 fully saturated rings. The zero-order chi connectivity index (χ0) is 63.9. The number of esters is 1. The molecule has 0 aromatic carbocycles. The van der Waals surface area contributed by atoms with Crippen LogP contribution in [0.1, 0.15) is 329 Å². The number of aliphatic hydroxyl groups is 5. The predicted molar refractivity (Wildman–Crippen MR) is 370 cm³/mol. The van der Waals surface area contributed by atoms with Crippen LogP contribution in [0.25, 0.3) is 0 Å². The highest BCUT2D eigenvalue weighted by atomic mass is 16.7. The molecule has 0 aliphatic carbocycles. The summed E-state index contributed by atoms with van der Waals surface area (Å²) in [4.78, 5) is 26.7. The van der Waals surface area contributed by atoms with E-state index in [2.05, 4.69) is 99.0 Å². The fraction of sp³-hybridized carbons (Fsp3) is 0.792. The first-order chi connectivity index (χ1) is 43.2. The van der Waals surface area contributed by atoms with Gasteiger partial charge in [-0.25, -0.2) is 0 Å². The molecule has 1 aliphatic rings. The summed E-state index contributed by atoms with van der Waals surface area (Å²) in [7, 11) is 0. The van der Waals surface area contributed by atoms with Gasteiger partial charge in [-0.2, -0.15) is 0 Å². The van der Waals surface area contributed by atoms with E-state index >= 15 is 0 Å². The van der Waals surface area contributed by atoms with Crippen molar-refractivity contribution in [1.29, 1.82) is 0 Å². The molecule has 0 spiro atoms. The van der Waals surface area contributed by atoms with Crippen molar-refractivity contribution in [2.45, 2.75) is 378 Å². The fourth-order valence-electron chi connectivity index (χ4n) is 11.2. The Bertz CT molecular complexity index is 1760. The highest BCUT2D eigenvalue weighted by Gasteiger charge is 2.47. The topological polar surface area (TPSA) is 175 Å². The molecule has 0 radical (unpaired) electrons. The van der Waals surface area contributed by atoms with Gasteiger partial charge in [0.25, 0.3) is 0 Å². The van der Waals surface area contributed by atoms with Gasteiger partial charge in [0.2, 0.25) is 5.91 Å². The summed E-state index contributed by atoms with van der Waals surface area (Å²) in [6, 6.07) is -1.03. The first-order valence-corrected chi connectivity index (χ1v) is 36.9. The molecular formula is C77H137NO10. The van der Waals surface area contributed by atoms with E-state index in [0.717, 1.165) is 103 Å². The van der Waals surface area contributed by atoms with E-state index in [1.54, 1.807) is 6.08 Å². The zero-order valence-electron chi connectivity index (χ0n) is 56.8. The van der Waals surface area contributed by atoms with Crippen LogP contribution in [0.3, 0.4) is 0 Å². The van der Waals surface area contributed by atoms with Crippen molar-refractivity contribution in [3.63, 3.8) is 0 Å². The van der Waals surface area contributed by atoms with Gasteiger partial charge in [0.15, 0.2) is 12.4 Å². The van der Waals surface area contributed by atoms with Crippen molar-refractivity contribution in [1.82, 2.24) is 5.32 Å². The van der Waals surface area contributed by atoms with Gasteiger partial charge in [-0.1, -0.05) is 305 Å². The summed E-state index contributed by atoms with van der Waals surface area (Å²) in [6.45, 7) is 5.76. The largest absolute Gasteiger partial charge is 0.454 e. The van der Waals surface area contributed by atoms with E-state index in [-0.39, 0.29) is 19.4 Å². The second kappa shape index (κ2) is 64.0. The molecule has 8 unspecified atom stereocenters. The molecule has 8 atom stereocenters. The average molecular weight is 1240 g/mol. The summed E-state index contributed by atoms with van der Waals surface area (Å²) in [5, 5.41) is 57.3. The van der Waals surface area contributed by atoms with E-state index < -0.39 is 67.4 Å². The van der Waals surface area contributed by atoms with E-state index in [1.165, 1.54) is 180 Å². The quantitative estimate of drug-likeness (QED) is 0.0195. The minimum absolute atomic E-state index is 0.121. The Balaban J connectivity index is 2.56. The van der Waals surface area contributed by atoms with E-state index in [9.17, 15) is 35.1 Å². The monoisotopic (exact) mass is 1240 g/mol. The number of rotatable bonds is 63. The maximum absolute atomic E-state index is 13.5. The Labute approximate surface area is 540 Å². The zero-order valence-corrected chi connectivity index (χ0v) is 56.8. The van der Waals surface area contributed by atoms with Gasteiger partial charge < -0.3 is 45.1 Å². The number of carbonyl (C=O) groups excluding carboxylic acids is 2. The van der Waals surface area contributed by atoms with Crippen molar-refractivity contribution in [3.8, 4) is 0 Å². The van der Waals surface area contributed by atoms with Crippen molar-refractivity contribution in [2.75, 3.05) is 13.2 Å². The second-order valence-electron chi connectivity index (χ2n) is 25.3. The predicted octanol–water partition coefficient (Wildman–Crippen LogP) is 19.2. The molecule has 11 nitrogen and oxygen atoms in total. The molecule has 0 bridgehead atoms. The SMILES string of the molecule is CCCCC/C=C\C/C=C\C/C=C\C/C=C\CCCCCCCCC(O)C(=O)NC(COC1OC(CO)C(O)C(O)C1OC(=O)CCCCCCCCCCCCCCCCC/C=C\C/C=C\CCCCC)C(O)/C=C/CCCCCCCCCCCC. The minimum atomic E-state index is -1.62. The highest BCUT2D eigenvalue weighted by molar-refractivity contribution is 5.80. The molecule has 11 heteroatoms. The van der Waals surface area contributed by atoms with E-state index in [1.807, 2.05) is 6.08 Å². The maximum Gasteiger partial charge on any atom is 0.306 e. The molecule has 0 aromatic heterocycles. The third kappa shape index (κ3) is 50.5. The third-order valence-electron chi connectivity index (χ3n) is 17.0. The van der Waals surface area contributed by atoms with Crippen LogP contribution in [0.15, 0.2) is 85.1 Å². The Kier molecular flexibility index (Phi) is 60.2. The van der Waals surface area contributed by atoms with Gasteiger partial charge in [0.1, 0.15) is 24.4 Å². The molecule has 1 amide bonds. The molecule has 1 rings (SSSR count). The average Bonchev–Trinajstić information content (AvgIpc) is 2.54. The number of allylic oxidation sites excluding steroid dienone is 13. The number of aliphatic hydroxyl groups excluding tert-OH is 5. The number of carbonyl (C=O) groups is 2. The van der Waals surface area contributed by atoms with E-state index in [4.69, 9.17) is 14.2 Å². The van der Waals surface area contributed by atoms with Crippen LogP contribution < -0.4 is 5.32 Å². The molecular weight excluding hydrogens is 1100 g/mol. The number of hydrogen-bond donors (Lipinski definition) is 6. The summed E-state index contributed by atoms with van der Waals surface area (Å²) >= 11 is 0. The molecule has 0 saturated carbocycles. The van der Waals surface area contributed by atoms with Crippen LogP contribution in [0.2, 0.25) is 0 Å². The van der Waals surface area contributed by atoms with Gasteiger partial charge in [-0.15, -0.1) is 0 Å². The summed E-state index contributed by atoms with van der Waals surface area (Å²) in [5.74, 6) is -1.20. The molecule has 1 heterocycles. The van der Waals surface area contributed by atoms with Crippen molar-refractivity contribution in [3.05, 3.63) is 85.1 Å². The lowest BCUT2D eigenvalue weighted by molar-refractivity contribution is -0.305. The lowest BCUT2D eigenvalue weighted by Crippen LogP contribution is -2.61. The summed E-state index contributed by atoms with van der Waals surface area (Å²) in [5.41, 5.74) is 0. The van der Waals surface area contributed by atoms with Crippen LogP contribution >= 0.6 is 0 Å². The number of hydrogen-bond acceptors (Lipinski definition) is 10. The van der Waals surface area contributed by atoms with Gasteiger partial charge in [-0.05, 0) is 103 Å². The normalized spacial score (nSPS) is 18.7. The summed E-state index contributed by atoms with van der Waals surface area (Å²) in [6.07, 6.45) is 74.8. The van der Waals surface area contributed by atoms with Crippen LogP contribution in [0, 0.1) is 0 Å². The lowest BCUT2D eigenvalue weighted by Gasteiger charge is -2.41. The first-order valence-electron chi connectivity index (χ1n) is 36.9. The third-order valence-corrected chi connectivity index (χ3v) is 17.0.